The molecule has 324 valence electrons. The van der Waals surface area contributed by atoms with Gasteiger partial charge in [0, 0.05) is 33.3 Å². The summed E-state index contributed by atoms with van der Waals surface area (Å²) in [7, 11) is 0. The van der Waals surface area contributed by atoms with E-state index in [-0.39, 0.29) is 0 Å². The summed E-state index contributed by atoms with van der Waals surface area (Å²) in [5, 5.41) is 2.25. The Balaban J connectivity index is 1.00. The quantitative estimate of drug-likeness (QED) is 0.144. The highest BCUT2D eigenvalue weighted by Gasteiger charge is 2.47. The summed E-state index contributed by atoms with van der Waals surface area (Å²) in [6, 6.07) is 99.2. The number of rotatable bonds is 9. The molecule has 12 aromatic rings. The third kappa shape index (κ3) is 6.64. The fraction of sp³-hybridized carbons (Fsp3) is 0.0149. The average molecular weight is 880 g/mol. The fourth-order valence-electron chi connectivity index (χ4n) is 11.1. The topological polar surface area (TPSA) is 16.4 Å². The number of furan rings is 1. The molecule has 0 atom stereocenters. The number of anilines is 3. The Bertz CT molecular complexity index is 3760. The van der Waals surface area contributed by atoms with Crippen LogP contribution in [0.5, 0.6) is 0 Å². The molecule has 0 bridgehead atoms. The Hall–Kier alpha value is -8.98. The largest absolute Gasteiger partial charge is 0.455 e. The van der Waals surface area contributed by atoms with Gasteiger partial charge in [-0.25, -0.2) is 0 Å². The second-order valence-electron chi connectivity index (χ2n) is 17.9. The molecule has 13 rings (SSSR count). The molecule has 0 saturated heterocycles. The standard InChI is InChI=1S/C67H45NO/c1-5-19-46(20-6-1)50-39-44-55(60(45-50)47-21-7-2-8-22-47)48-35-40-53(41-36-48)68(54-42-37-49(38-43-54)56-29-17-30-58-57-27-14-16-34-64(57)69-66(56)58)63-33-18-32-62-65(63)59-28-13-15-31-61(59)67(62,51-23-9-3-10-24-51)52-25-11-4-12-26-52/h1-45H. The van der Waals surface area contributed by atoms with Gasteiger partial charge in [-0.15, -0.1) is 0 Å². The van der Waals surface area contributed by atoms with Crippen molar-refractivity contribution in [2.75, 3.05) is 4.90 Å². The van der Waals surface area contributed by atoms with Gasteiger partial charge in [-0.2, -0.15) is 0 Å². The van der Waals surface area contributed by atoms with E-state index in [0.717, 1.165) is 55.7 Å². The van der Waals surface area contributed by atoms with Gasteiger partial charge in [-0.05, 0) is 109 Å². The molecule has 0 saturated carbocycles. The van der Waals surface area contributed by atoms with Crippen molar-refractivity contribution >= 4 is 39.0 Å². The van der Waals surface area contributed by atoms with E-state index in [2.05, 4.69) is 266 Å². The van der Waals surface area contributed by atoms with Gasteiger partial charge in [0.15, 0.2) is 0 Å². The highest BCUT2D eigenvalue weighted by molar-refractivity contribution is 6.09. The van der Waals surface area contributed by atoms with Crippen LogP contribution in [0.25, 0.3) is 77.6 Å². The molecule has 0 unspecified atom stereocenters. The van der Waals surface area contributed by atoms with Crippen LogP contribution >= 0.6 is 0 Å². The van der Waals surface area contributed by atoms with Gasteiger partial charge >= 0.3 is 0 Å². The molecule has 1 heterocycles. The van der Waals surface area contributed by atoms with Crippen molar-refractivity contribution in [3.8, 4) is 55.6 Å². The summed E-state index contributed by atoms with van der Waals surface area (Å²) in [5.41, 5.74) is 21.3. The zero-order valence-electron chi connectivity index (χ0n) is 37.8. The van der Waals surface area contributed by atoms with E-state index in [1.807, 2.05) is 12.1 Å². The number of hydrogen-bond acceptors (Lipinski definition) is 2. The van der Waals surface area contributed by atoms with Crippen molar-refractivity contribution in [2.24, 2.45) is 0 Å². The Morgan fingerprint density at radius 3 is 1.48 bits per heavy atom. The lowest BCUT2D eigenvalue weighted by Gasteiger charge is -2.34. The SMILES string of the molecule is c1ccc(-c2ccc(-c3ccc(N(c4ccc(-c5cccc6c5oc5ccccc56)cc4)c4cccc5c4-c4ccccc4C5(c4ccccc4)c4ccccc4)cc3)c(-c3ccccc3)c2)cc1. The molecule has 0 N–H and O–H groups in total. The van der Waals surface area contributed by atoms with Crippen LogP contribution in [0.3, 0.4) is 0 Å². The molecule has 0 fully saturated rings. The number of benzene rings is 11. The van der Waals surface area contributed by atoms with E-state index in [1.165, 1.54) is 61.2 Å². The molecule has 11 aromatic carbocycles. The Kier molecular flexibility index (Phi) is 9.77. The minimum atomic E-state index is -0.533. The predicted molar refractivity (Wildman–Crippen MR) is 287 cm³/mol. The van der Waals surface area contributed by atoms with Gasteiger partial charge < -0.3 is 9.32 Å². The zero-order valence-corrected chi connectivity index (χ0v) is 37.8. The first kappa shape index (κ1) is 40.3. The second kappa shape index (κ2) is 16.7. The maximum atomic E-state index is 6.53. The van der Waals surface area contributed by atoms with E-state index in [4.69, 9.17) is 4.42 Å². The highest BCUT2D eigenvalue weighted by atomic mass is 16.3. The predicted octanol–water partition coefficient (Wildman–Crippen LogP) is 18.1. The van der Waals surface area contributed by atoms with Crippen molar-refractivity contribution in [1.82, 2.24) is 0 Å². The van der Waals surface area contributed by atoms with Gasteiger partial charge in [0.1, 0.15) is 11.2 Å². The second-order valence-corrected chi connectivity index (χ2v) is 17.9. The van der Waals surface area contributed by atoms with E-state index in [0.29, 0.717) is 0 Å². The first-order valence-electron chi connectivity index (χ1n) is 23.7. The summed E-state index contributed by atoms with van der Waals surface area (Å²) in [5.74, 6) is 0. The lowest BCUT2D eigenvalue weighted by Crippen LogP contribution is -2.28. The minimum Gasteiger partial charge on any atom is -0.455 e. The molecule has 1 aliphatic carbocycles. The van der Waals surface area contributed by atoms with Gasteiger partial charge in [0.25, 0.3) is 0 Å². The summed E-state index contributed by atoms with van der Waals surface area (Å²) in [4.78, 5) is 2.45. The fourth-order valence-corrected chi connectivity index (χ4v) is 11.1. The van der Waals surface area contributed by atoms with Gasteiger partial charge in [-0.1, -0.05) is 231 Å². The molecule has 0 aliphatic heterocycles. The van der Waals surface area contributed by atoms with Gasteiger partial charge in [0.05, 0.1) is 11.1 Å². The molecule has 0 radical (unpaired) electrons. The van der Waals surface area contributed by atoms with Crippen LogP contribution in [-0.4, -0.2) is 0 Å². The third-order valence-electron chi connectivity index (χ3n) is 14.2. The molecule has 2 nitrogen and oxygen atoms in total. The number of fused-ring (bicyclic) bond motifs is 6. The molecule has 2 heteroatoms. The van der Waals surface area contributed by atoms with Crippen LogP contribution in [0.4, 0.5) is 17.1 Å². The van der Waals surface area contributed by atoms with Gasteiger partial charge in [-0.3, -0.25) is 0 Å². The molecule has 69 heavy (non-hydrogen) atoms. The third-order valence-corrected chi connectivity index (χ3v) is 14.2. The van der Waals surface area contributed by atoms with E-state index in [9.17, 15) is 0 Å². The van der Waals surface area contributed by atoms with Crippen LogP contribution in [0.1, 0.15) is 22.3 Å². The Labute approximate surface area is 402 Å². The lowest BCUT2D eigenvalue weighted by molar-refractivity contribution is 0.670. The monoisotopic (exact) mass is 879 g/mol. The normalized spacial score (nSPS) is 12.5. The van der Waals surface area contributed by atoms with Crippen molar-refractivity contribution in [3.05, 3.63) is 295 Å². The maximum Gasteiger partial charge on any atom is 0.143 e. The van der Waals surface area contributed by atoms with E-state index in [1.54, 1.807) is 0 Å². The van der Waals surface area contributed by atoms with Crippen molar-refractivity contribution in [2.45, 2.75) is 5.41 Å². The number of nitrogens with zero attached hydrogens (tertiary/aromatic N) is 1. The number of para-hydroxylation sites is 2. The summed E-state index contributed by atoms with van der Waals surface area (Å²) in [6.45, 7) is 0. The summed E-state index contributed by atoms with van der Waals surface area (Å²) >= 11 is 0. The highest BCUT2D eigenvalue weighted by Crippen LogP contribution is 2.59. The molecular weight excluding hydrogens is 835 g/mol. The molecule has 0 amide bonds. The average Bonchev–Trinajstić information content (AvgIpc) is 3.97. The smallest absolute Gasteiger partial charge is 0.143 e. The van der Waals surface area contributed by atoms with Crippen LogP contribution < -0.4 is 4.90 Å². The van der Waals surface area contributed by atoms with Crippen LogP contribution in [0, 0.1) is 0 Å². The molecule has 1 aliphatic rings. The van der Waals surface area contributed by atoms with E-state index >= 15 is 0 Å². The Morgan fingerprint density at radius 2 is 0.797 bits per heavy atom. The number of hydrogen-bond donors (Lipinski definition) is 0. The minimum absolute atomic E-state index is 0.533. The summed E-state index contributed by atoms with van der Waals surface area (Å²) < 4.78 is 6.53. The van der Waals surface area contributed by atoms with Crippen LogP contribution in [0.2, 0.25) is 0 Å². The lowest BCUT2D eigenvalue weighted by atomic mass is 9.68. The molecule has 0 spiro atoms. The first-order valence-corrected chi connectivity index (χ1v) is 23.7. The maximum absolute atomic E-state index is 6.53. The molecular formula is C67H45NO. The molecule has 1 aromatic heterocycles. The van der Waals surface area contributed by atoms with Crippen LogP contribution in [-0.2, 0) is 5.41 Å². The summed E-state index contributed by atoms with van der Waals surface area (Å²) in [6.07, 6.45) is 0. The van der Waals surface area contributed by atoms with Crippen molar-refractivity contribution < 1.29 is 4.42 Å². The van der Waals surface area contributed by atoms with Gasteiger partial charge in [0.2, 0.25) is 0 Å². The van der Waals surface area contributed by atoms with Crippen LogP contribution in [0.15, 0.2) is 277 Å². The first-order chi connectivity index (χ1) is 34.2. The zero-order chi connectivity index (χ0) is 45.7. The van der Waals surface area contributed by atoms with Crippen molar-refractivity contribution in [3.63, 3.8) is 0 Å². The van der Waals surface area contributed by atoms with Crippen molar-refractivity contribution in [1.29, 1.82) is 0 Å². The van der Waals surface area contributed by atoms with E-state index < -0.39 is 5.41 Å². The Morgan fingerprint density at radius 1 is 0.304 bits per heavy atom.